The molecule has 1 aromatic heterocycles. The molecule has 0 spiro atoms. The Balaban J connectivity index is 0.000000249. The molecule has 0 bridgehead atoms. The van der Waals surface area contributed by atoms with Gasteiger partial charge in [-0.2, -0.15) is 0 Å². The van der Waals surface area contributed by atoms with E-state index in [4.69, 9.17) is 18.6 Å². The van der Waals surface area contributed by atoms with E-state index in [1.165, 1.54) is 11.5 Å². The molecular weight excluding hydrogens is 373 g/mol. The Bertz CT molecular complexity index is 405. The summed E-state index contributed by atoms with van der Waals surface area (Å²) in [4.78, 5) is 0. The molecule has 1 aliphatic rings. The van der Waals surface area contributed by atoms with Gasteiger partial charge in [0.2, 0.25) is 0 Å². The summed E-state index contributed by atoms with van der Waals surface area (Å²) in [6, 6.07) is 0. The Labute approximate surface area is 119 Å². The van der Waals surface area contributed by atoms with Crippen LogP contribution in [0, 0.1) is 10.2 Å². The van der Waals surface area contributed by atoms with Crippen LogP contribution in [0.25, 0.3) is 0 Å². The summed E-state index contributed by atoms with van der Waals surface area (Å²) in [5.74, 6) is 2.61. The van der Waals surface area contributed by atoms with Crippen molar-refractivity contribution < 1.29 is 28.9 Å². The van der Waals surface area contributed by atoms with Gasteiger partial charge in [-0.3, -0.25) is 0 Å². The van der Waals surface area contributed by atoms with Crippen molar-refractivity contribution in [1.82, 2.24) is 4.58 Å². The molecule has 1 aliphatic heterocycles. The van der Waals surface area contributed by atoms with Gasteiger partial charge in [0, 0.05) is 0 Å². The van der Waals surface area contributed by atoms with Crippen LogP contribution in [0.1, 0.15) is 0 Å². The van der Waals surface area contributed by atoms with Crippen molar-refractivity contribution in [3.8, 4) is 0 Å². The Kier molecular flexibility index (Phi) is 6.55. The molecule has 98 valence electrons. The second-order valence-corrected chi connectivity index (χ2v) is 10.5. The van der Waals surface area contributed by atoms with Gasteiger partial charge in [0.1, 0.15) is 0 Å². The zero-order valence-corrected chi connectivity index (χ0v) is 13.9. The third kappa shape index (κ3) is 6.63. The van der Waals surface area contributed by atoms with Crippen molar-refractivity contribution in [2.45, 2.75) is 7.98 Å². The minimum atomic E-state index is -4.94. The van der Waals surface area contributed by atoms with E-state index in [0.717, 1.165) is 0 Å². The van der Waals surface area contributed by atoms with Gasteiger partial charge in [-0.05, 0) is 0 Å². The first-order chi connectivity index (χ1) is 7.77. The molecule has 0 aromatic carbocycles. The Hall–Kier alpha value is 0.979. The number of nitrogens with zero attached hydrogens (tertiary/aromatic N) is 1. The number of rotatable bonds is 0. The Morgan fingerprint density at radius 2 is 1.65 bits per heavy atom. The summed E-state index contributed by atoms with van der Waals surface area (Å²) in [6.07, 6.45) is 0. The molecule has 0 saturated heterocycles. The number of halogens is 1. The van der Waals surface area contributed by atoms with Crippen molar-refractivity contribution in [2.24, 2.45) is 0 Å². The first-order valence-corrected chi connectivity index (χ1v) is 10.0. The number of fused-ring (bicyclic) bond motifs is 1. The van der Waals surface area contributed by atoms with Gasteiger partial charge < -0.3 is 0 Å². The summed E-state index contributed by atoms with van der Waals surface area (Å²) in [7, 11) is -0.643. The van der Waals surface area contributed by atoms with E-state index in [2.05, 4.69) is 30.4 Å². The van der Waals surface area contributed by atoms with Crippen LogP contribution < -0.4 is 26.8 Å². The summed E-state index contributed by atoms with van der Waals surface area (Å²) < 4.78 is 41.1. The van der Waals surface area contributed by atoms with Crippen LogP contribution in [0.2, 0.25) is 0 Å². The predicted molar refractivity (Wildman–Crippen MR) is 59.8 cm³/mol. The molecule has 10 heteroatoms. The van der Waals surface area contributed by atoms with Crippen LogP contribution in [0.3, 0.4) is 0 Å². The van der Waals surface area contributed by atoms with Gasteiger partial charge in [-0.15, -0.1) is 10.2 Å². The van der Waals surface area contributed by atoms with Crippen LogP contribution in [0.4, 0.5) is 0 Å². The fraction of sp³-hybridized carbons (Fsp3) is 0.571. The van der Waals surface area contributed by atoms with E-state index in [9.17, 15) is 0 Å². The molecule has 2 rings (SSSR count). The maximum Gasteiger partial charge on any atom is -0.112 e. The molecule has 0 radical (unpaired) electrons. The molecule has 1 aromatic rings. The van der Waals surface area contributed by atoms with Crippen LogP contribution in [-0.4, -0.2) is 40.1 Å². The topological polar surface area (TPSA) is 95.2 Å². The maximum absolute atomic E-state index is 8.49. The number of hydrogen-bond donors (Lipinski definition) is 0. The minimum Gasteiger partial charge on any atom is -0.222 e. The molecule has 0 N–H and O–H groups in total. The molecular formula is C7H10ClNO4S3Se. The summed E-state index contributed by atoms with van der Waals surface area (Å²) >= 11 is 6.74. The summed E-state index contributed by atoms with van der Waals surface area (Å²) in [5.41, 5.74) is 0. The number of thioether (sulfide) groups is 2. The molecule has 0 atom stereocenters. The van der Waals surface area contributed by atoms with Crippen LogP contribution in [0.15, 0.2) is 7.98 Å². The third-order valence-corrected chi connectivity index (χ3v) is 9.91. The standard InChI is InChI=1S/C7H10NS3Se.ClHO4/c1-8(2)7-11-5-6(12-7)10-4-3-9-5;2-1(3,4)5/h3-4H2,1-2H3;(H,2,3,4,5)/q+1;/p-1. The molecule has 0 saturated carbocycles. The van der Waals surface area contributed by atoms with E-state index in [1.807, 2.05) is 23.1 Å². The Morgan fingerprint density at radius 1 is 1.12 bits per heavy atom. The van der Waals surface area contributed by atoms with Crippen molar-refractivity contribution >= 4 is 49.4 Å². The van der Waals surface area contributed by atoms with Crippen LogP contribution in [0.5, 0.6) is 0 Å². The molecule has 0 unspecified atom stereocenters. The maximum atomic E-state index is 8.49. The molecule has 0 amide bonds. The molecule has 17 heavy (non-hydrogen) atoms. The molecule has 0 fully saturated rings. The second kappa shape index (κ2) is 6.95. The Morgan fingerprint density at radius 3 is 2.12 bits per heavy atom. The first-order valence-electron chi connectivity index (χ1n) is 4.29. The largest absolute Gasteiger partial charge is 0.222 e. The average molecular weight is 383 g/mol. The minimum absolute atomic E-state index is 0.627. The first kappa shape index (κ1) is 16.0. The normalized spacial score (nSPS) is 14.7. The predicted octanol–water partition coefficient (Wildman–Crippen LogP) is -3.72. The van der Waals surface area contributed by atoms with Crippen LogP contribution in [-0.2, 0) is 0 Å². The summed E-state index contributed by atoms with van der Waals surface area (Å²) in [5, 5.41) is 0. The van der Waals surface area contributed by atoms with E-state index in [0.29, 0.717) is 14.5 Å². The van der Waals surface area contributed by atoms with Crippen molar-refractivity contribution in [3.05, 3.63) is 3.54 Å². The third-order valence-electron chi connectivity index (χ3n) is 1.44. The monoisotopic (exact) mass is 383 g/mol. The second-order valence-electron chi connectivity index (χ2n) is 3.01. The zero-order chi connectivity index (χ0) is 13.1. The SMILES string of the molecule is C[N+](C)=c1sc2c([se]1)SCCS2.[O-][Cl+3]([O-])([O-])[O-]. The molecule has 5 nitrogen and oxygen atoms in total. The van der Waals surface area contributed by atoms with Crippen molar-refractivity contribution in [3.63, 3.8) is 0 Å². The quantitative estimate of drug-likeness (QED) is 0.338. The van der Waals surface area contributed by atoms with Gasteiger partial charge in [-0.1, -0.05) is 0 Å². The van der Waals surface area contributed by atoms with Crippen LogP contribution >= 0.6 is 34.9 Å². The van der Waals surface area contributed by atoms with E-state index >= 15 is 0 Å². The van der Waals surface area contributed by atoms with E-state index in [1.54, 1.807) is 11.5 Å². The van der Waals surface area contributed by atoms with Crippen molar-refractivity contribution in [1.29, 1.82) is 0 Å². The molecule has 0 aliphatic carbocycles. The fourth-order valence-electron chi connectivity index (χ4n) is 0.891. The van der Waals surface area contributed by atoms with Gasteiger partial charge in [-0.25, -0.2) is 18.6 Å². The van der Waals surface area contributed by atoms with Gasteiger partial charge >= 0.3 is 91.1 Å². The summed E-state index contributed by atoms with van der Waals surface area (Å²) in [6.45, 7) is 0. The van der Waals surface area contributed by atoms with Gasteiger partial charge in [0.25, 0.3) is 0 Å². The van der Waals surface area contributed by atoms with Gasteiger partial charge in [0.15, 0.2) is 0 Å². The molecule has 2 heterocycles. The van der Waals surface area contributed by atoms with Crippen molar-refractivity contribution in [2.75, 3.05) is 25.6 Å². The fourth-order valence-corrected chi connectivity index (χ4v) is 9.18. The van der Waals surface area contributed by atoms with E-state index in [-0.39, 0.29) is 0 Å². The van der Waals surface area contributed by atoms with Gasteiger partial charge in [0.05, 0.1) is 0 Å². The smallest absolute Gasteiger partial charge is 0.112 e. The number of hydrogen-bond acceptors (Lipinski definition) is 7. The van der Waals surface area contributed by atoms with E-state index < -0.39 is 10.2 Å². The average Bonchev–Trinajstić information content (AvgIpc) is 2.58. The zero-order valence-electron chi connectivity index (χ0n) is 9.01.